The highest BCUT2D eigenvalue weighted by Gasteiger charge is 2.35. The van der Waals surface area contributed by atoms with E-state index in [4.69, 9.17) is 11.5 Å². The third-order valence-electron chi connectivity index (χ3n) is 1.99. The number of methoxy groups -OCH3 is 1. The van der Waals surface area contributed by atoms with Gasteiger partial charge < -0.3 is 20.9 Å². The highest BCUT2D eigenvalue weighted by molar-refractivity contribution is 5.98. The van der Waals surface area contributed by atoms with Crippen molar-refractivity contribution in [1.82, 2.24) is 4.98 Å². The number of nitrogens with two attached hydrogens (primary N) is 2. The Kier molecular flexibility index (Phi) is 3.96. The normalized spacial score (nSPS) is 11.2. The second-order valence-corrected chi connectivity index (χ2v) is 3.12. The fourth-order valence-corrected chi connectivity index (χ4v) is 1.20. The van der Waals surface area contributed by atoms with Gasteiger partial charge in [0, 0.05) is 18.3 Å². The number of halogens is 3. The Hall–Kier alpha value is -2.03. The number of hydrogen-bond donors (Lipinski definition) is 2. The monoisotopic (exact) mass is 265 g/mol. The van der Waals surface area contributed by atoms with Crippen LogP contribution in [0.15, 0.2) is 6.20 Å². The van der Waals surface area contributed by atoms with Crippen LogP contribution in [0, 0.1) is 0 Å². The van der Waals surface area contributed by atoms with Crippen LogP contribution in [-0.4, -0.2) is 24.4 Å². The number of nitrogens with zero attached hydrogens (tertiary/aromatic N) is 1. The third kappa shape index (κ3) is 3.00. The van der Waals surface area contributed by atoms with E-state index < -0.39 is 23.8 Å². The van der Waals surface area contributed by atoms with Gasteiger partial charge in [-0.05, 0) is 0 Å². The van der Waals surface area contributed by atoms with E-state index in [2.05, 4.69) is 14.5 Å². The molecule has 0 aliphatic carbocycles. The molecule has 0 atom stereocenters. The van der Waals surface area contributed by atoms with Crippen molar-refractivity contribution < 1.29 is 27.4 Å². The minimum atomic E-state index is -4.99. The predicted octanol–water partition coefficient (Wildman–Crippen LogP) is 0.808. The molecule has 9 heteroatoms. The van der Waals surface area contributed by atoms with E-state index in [1.54, 1.807) is 0 Å². The number of hydrogen-bond acceptors (Lipinski definition) is 6. The number of carbonyl (C=O) groups is 1. The quantitative estimate of drug-likeness (QED) is 0.784. The van der Waals surface area contributed by atoms with Gasteiger partial charge in [0.25, 0.3) is 0 Å². The fourth-order valence-electron chi connectivity index (χ4n) is 1.20. The number of ether oxygens (including phenoxy) is 2. The van der Waals surface area contributed by atoms with Gasteiger partial charge in [0.05, 0.1) is 12.8 Å². The molecule has 0 unspecified atom stereocenters. The zero-order valence-corrected chi connectivity index (χ0v) is 9.25. The zero-order valence-electron chi connectivity index (χ0n) is 9.25. The average molecular weight is 265 g/mol. The Morgan fingerprint density at radius 3 is 2.56 bits per heavy atom. The molecule has 1 heterocycles. The third-order valence-corrected chi connectivity index (χ3v) is 1.99. The first-order valence-corrected chi connectivity index (χ1v) is 4.61. The molecule has 0 aliphatic heterocycles. The molecule has 1 rings (SSSR count). The number of nitrogen functional groups attached to an aromatic ring is 1. The SMILES string of the molecule is COC(=O)c1c(OC(F)(F)F)ncc(CN)c1N. The molecule has 6 nitrogen and oxygen atoms in total. The van der Waals surface area contributed by atoms with Crippen molar-refractivity contribution in [3.05, 3.63) is 17.3 Å². The predicted molar refractivity (Wildman–Crippen MR) is 54.6 cm³/mol. The van der Waals surface area contributed by atoms with E-state index >= 15 is 0 Å². The molecule has 1 aromatic rings. The van der Waals surface area contributed by atoms with Gasteiger partial charge in [-0.1, -0.05) is 0 Å². The van der Waals surface area contributed by atoms with Crippen LogP contribution in [0.2, 0.25) is 0 Å². The summed E-state index contributed by atoms with van der Waals surface area (Å²) >= 11 is 0. The number of alkyl halides is 3. The minimum Gasteiger partial charge on any atom is -0.465 e. The Balaban J connectivity index is 3.34. The van der Waals surface area contributed by atoms with Gasteiger partial charge >= 0.3 is 12.3 Å². The van der Waals surface area contributed by atoms with Crippen molar-refractivity contribution in [1.29, 1.82) is 0 Å². The molecular formula is C9H10F3N3O3. The summed E-state index contributed by atoms with van der Waals surface area (Å²) in [5.74, 6) is -2.06. The molecule has 1 aromatic heterocycles. The Labute approximate surface area is 99.7 Å². The molecule has 0 fully saturated rings. The molecule has 0 aromatic carbocycles. The van der Waals surface area contributed by atoms with Gasteiger partial charge in [-0.25, -0.2) is 9.78 Å². The van der Waals surface area contributed by atoms with Crippen LogP contribution in [0.25, 0.3) is 0 Å². The van der Waals surface area contributed by atoms with E-state index in [1.165, 1.54) is 0 Å². The van der Waals surface area contributed by atoms with E-state index in [-0.39, 0.29) is 17.8 Å². The summed E-state index contributed by atoms with van der Waals surface area (Å²) in [5, 5.41) is 0. The largest absolute Gasteiger partial charge is 0.574 e. The first kappa shape index (κ1) is 14.0. The standard InChI is InChI=1S/C9H10F3N3O3/c1-17-8(16)5-6(14)4(2-13)3-15-7(5)18-9(10,11)12/h3H,2,13H2,1H3,(H2,14,15). The molecule has 18 heavy (non-hydrogen) atoms. The summed E-state index contributed by atoms with van der Waals surface area (Å²) in [5.41, 5.74) is 10.2. The molecule has 0 bridgehead atoms. The van der Waals surface area contributed by atoms with E-state index in [0.717, 1.165) is 13.3 Å². The number of carbonyl (C=O) groups excluding carboxylic acids is 1. The molecule has 0 saturated carbocycles. The number of anilines is 1. The fraction of sp³-hybridized carbons (Fsp3) is 0.333. The van der Waals surface area contributed by atoms with Crippen LogP contribution in [-0.2, 0) is 11.3 Å². The van der Waals surface area contributed by atoms with E-state index in [9.17, 15) is 18.0 Å². The van der Waals surface area contributed by atoms with Gasteiger partial charge in [-0.2, -0.15) is 0 Å². The maximum atomic E-state index is 12.1. The Bertz CT molecular complexity index is 462. The number of esters is 1. The van der Waals surface area contributed by atoms with Gasteiger partial charge in [-0.15, -0.1) is 13.2 Å². The maximum absolute atomic E-state index is 12.1. The molecule has 100 valence electrons. The van der Waals surface area contributed by atoms with Gasteiger partial charge in [0.15, 0.2) is 0 Å². The van der Waals surface area contributed by atoms with Crippen LogP contribution < -0.4 is 16.2 Å². The zero-order chi connectivity index (χ0) is 13.9. The number of pyridine rings is 1. The van der Waals surface area contributed by atoms with Crippen molar-refractivity contribution in [2.24, 2.45) is 5.73 Å². The molecule has 0 aliphatic rings. The van der Waals surface area contributed by atoms with Crippen LogP contribution in [0.3, 0.4) is 0 Å². The van der Waals surface area contributed by atoms with Gasteiger partial charge in [0.2, 0.25) is 5.88 Å². The number of aromatic nitrogens is 1. The van der Waals surface area contributed by atoms with Crippen molar-refractivity contribution in [3.8, 4) is 5.88 Å². The van der Waals surface area contributed by atoms with Gasteiger partial charge in [-0.3, -0.25) is 0 Å². The van der Waals surface area contributed by atoms with Crippen LogP contribution in [0.1, 0.15) is 15.9 Å². The second-order valence-electron chi connectivity index (χ2n) is 3.12. The van der Waals surface area contributed by atoms with Crippen molar-refractivity contribution >= 4 is 11.7 Å². The topological polar surface area (TPSA) is 100 Å². The summed E-state index contributed by atoms with van der Waals surface area (Å²) in [6.45, 7) is -0.0882. The highest BCUT2D eigenvalue weighted by Crippen LogP contribution is 2.30. The van der Waals surface area contributed by atoms with E-state index in [0.29, 0.717) is 0 Å². The van der Waals surface area contributed by atoms with Crippen LogP contribution >= 0.6 is 0 Å². The first-order chi connectivity index (χ1) is 8.30. The minimum absolute atomic E-state index is 0.0882. The van der Waals surface area contributed by atoms with Crippen molar-refractivity contribution in [2.75, 3.05) is 12.8 Å². The molecular weight excluding hydrogens is 255 g/mol. The lowest BCUT2D eigenvalue weighted by Gasteiger charge is -2.14. The molecule has 0 radical (unpaired) electrons. The second kappa shape index (κ2) is 5.08. The van der Waals surface area contributed by atoms with E-state index in [1.807, 2.05) is 0 Å². The number of rotatable bonds is 3. The molecule has 0 spiro atoms. The lowest BCUT2D eigenvalue weighted by molar-refractivity contribution is -0.276. The highest BCUT2D eigenvalue weighted by atomic mass is 19.4. The first-order valence-electron chi connectivity index (χ1n) is 4.61. The molecule has 4 N–H and O–H groups in total. The smallest absolute Gasteiger partial charge is 0.465 e. The summed E-state index contributed by atoms with van der Waals surface area (Å²) in [6, 6.07) is 0. The van der Waals surface area contributed by atoms with Crippen LogP contribution in [0.4, 0.5) is 18.9 Å². The Morgan fingerprint density at radius 2 is 2.11 bits per heavy atom. The average Bonchev–Trinajstić information content (AvgIpc) is 2.26. The maximum Gasteiger partial charge on any atom is 0.574 e. The summed E-state index contributed by atoms with van der Waals surface area (Å²) < 4.78 is 44.3. The summed E-state index contributed by atoms with van der Waals surface area (Å²) in [4.78, 5) is 14.7. The van der Waals surface area contributed by atoms with Gasteiger partial charge in [0.1, 0.15) is 5.56 Å². The van der Waals surface area contributed by atoms with Crippen molar-refractivity contribution in [3.63, 3.8) is 0 Å². The Morgan fingerprint density at radius 1 is 1.50 bits per heavy atom. The van der Waals surface area contributed by atoms with Crippen molar-refractivity contribution in [2.45, 2.75) is 12.9 Å². The lowest BCUT2D eigenvalue weighted by atomic mass is 10.1. The molecule has 0 saturated heterocycles. The summed E-state index contributed by atoms with van der Waals surface area (Å²) in [6.07, 6.45) is -3.99. The van der Waals surface area contributed by atoms with Crippen LogP contribution in [0.5, 0.6) is 5.88 Å². The lowest BCUT2D eigenvalue weighted by Crippen LogP contribution is -2.22. The summed E-state index contributed by atoms with van der Waals surface area (Å²) in [7, 11) is 0.994. The molecule has 0 amide bonds.